The van der Waals surface area contributed by atoms with Crippen LogP contribution in [0.3, 0.4) is 0 Å². The Labute approximate surface area is 41.6 Å². The first-order chi connectivity index (χ1) is 2.81. The van der Waals surface area contributed by atoms with Crippen LogP contribution in [0.25, 0.3) is 0 Å². The maximum atomic E-state index is 9.88. The number of rotatable bonds is 1. The van der Waals surface area contributed by atoms with Gasteiger partial charge in [-0.1, -0.05) is 6.92 Å². The fraction of sp³-hybridized carbons (Fsp3) is 0.333. The molecule has 6 heavy (non-hydrogen) atoms. The molecule has 35 valence electrons. The lowest BCUT2D eigenvalue weighted by Gasteiger charge is -1.83. The van der Waals surface area contributed by atoms with Gasteiger partial charge >= 0.3 is 0 Å². The van der Waals surface area contributed by atoms with E-state index in [-0.39, 0.29) is 5.91 Å². The van der Waals surface area contributed by atoms with Crippen molar-refractivity contribution >= 4 is 17.7 Å². The highest BCUT2D eigenvalue weighted by atomic mass is 35.5. The minimum Gasteiger partial charge on any atom is -0.273 e. The summed E-state index contributed by atoms with van der Waals surface area (Å²) in [5.41, 5.74) is 0. The number of amides is 1. The molecule has 0 bridgehead atoms. The summed E-state index contributed by atoms with van der Waals surface area (Å²) in [7, 11) is 0. The molecule has 0 atom stereocenters. The topological polar surface area (TPSA) is 29.1 Å². The first-order valence-corrected chi connectivity index (χ1v) is 1.89. The molecule has 0 aromatic carbocycles. The fourth-order valence-electron chi connectivity index (χ4n) is 0.0546. The van der Waals surface area contributed by atoms with E-state index in [2.05, 4.69) is 0 Å². The normalized spacial score (nSPS) is 7.67. The van der Waals surface area contributed by atoms with Crippen LogP contribution in [0, 0.1) is 6.42 Å². The van der Waals surface area contributed by atoms with Crippen LogP contribution in [0.2, 0.25) is 0 Å². The first-order valence-electron chi connectivity index (χ1n) is 1.51. The van der Waals surface area contributed by atoms with Crippen LogP contribution in [0.1, 0.15) is 6.92 Å². The molecule has 0 unspecified atom stereocenters. The summed E-state index contributed by atoms with van der Waals surface area (Å²) in [6.45, 7) is 1.61. The summed E-state index contributed by atoms with van der Waals surface area (Å²) in [6.07, 6.45) is 1.34. The van der Waals surface area contributed by atoms with E-state index < -0.39 is 0 Å². The predicted molar refractivity (Wildman–Crippen MR) is 24.0 cm³/mol. The van der Waals surface area contributed by atoms with Crippen molar-refractivity contribution in [2.45, 2.75) is 6.92 Å². The maximum absolute atomic E-state index is 9.88. The van der Waals surface area contributed by atoms with Gasteiger partial charge in [0, 0.05) is 18.2 Å². The van der Waals surface area contributed by atoms with Gasteiger partial charge in [-0.2, -0.15) is 0 Å². The maximum Gasteiger partial charge on any atom is 0.237 e. The zero-order valence-electron chi connectivity index (χ0n) is 3.36. The van der Waals surface area contributed by atoms with Crippen LogP contribution in [0.4, 0.5) is 0 Å². The lowest BCUT2D eigenvalue weighted by Crippen LogP contribution is -2.09. The second-order valence-electron chi connectivity index (χ2n) is 0.747. The first kappa shape index (κ1) is 5.76. The van der Waals surface area contributed by atoms with Crippen LogP contribution < -0.4 is 4.84 Å². The van der Waals surface area contributed by atoms with Gasteiger partial charge in [0.15, 0.2) is 0 Å². The number of carbonyl (C=O) groups is 1. The van der Waals surface area contributed by atoms with Crippen molar-refractivity contribution in [2.24, 2.45) is 0 Å². The fourth-order valence-corrected chi connectivity index (χ4v) is 0.164. The molecule has 0 fully saturated rings. The van der Waals surface area contributed by atoms with Crippen molar-refractivity contribution in [3.63, 3.8) is 0 Å². The van der Waals surface area contributed by atoms with E-state index in [9.17, 15) is 4.79 Å². The molecule has 2 nitrogen and oxygen atoms in total. The molecule has 1 radical (unpaired) electrons. The summed E-state index contributed by atoms with van der Waals surface area (Å²) in [6, 6.07) is 0. The minimum atomic E-state index is -0.267. The van der Waals surface area contributed by atoms with E-state index in [1.165, 1.54) is 6.42 Å². The molecule has 0 rings (SSSR count). The highest BCUT2D eigenvalue weighted by Crippen LogP contribution is 1.71. The number of hydrogen-bond acceptors (Lipinski definition) is 1. The quantitative estimate of drug-likeness (QED) is 0.484. The molecule has 0 aromatic heterocycles. The Morgan fingerprint density at radius 1 is 2.00 bits per heavy atom. The summed E-state index contributed by atoms with van der Waals surface area (Å²) in [5, 5.41) is 0. The molecule has 0 aromatic rings. The third-order valence-electron chi connectivity index (χ3n) is 0.355. The van der Waals surface area contributed by atoms with Gasteiger partial charge in [-0.25, -0.2) is 0 Å². The predicted octanol–water partition coefficient (Wildman–Crippen LogP) is 0.481. The molecule has 0 saturated carbocycles. The van der Waals surface area contributed by atoms with Gasteiger partial charge in [-0.15, -0.1) is 0 Å². The summed E-state index contributed by atoms with van der Waals surface area (Å²) >= 11 is 4.82. The van der Waals surface area contributed by atoms with Crippen molar-refractivity contribution in [3.8, 4) is 0 Å². The van der Waals surface area contributed by atoms with Gasteiger partial charge in [-0.3, -0.25) is 9.63 Å². The van der Waals surface area contributed by atoms with Crippen molar-refractivity contribution in [1.29, 1.82) is 0 Å². The summed E-state index contributed by atoms with van der Waals surface area (Å²) in [5.74, 6) is -0.267. The SMILES string of the molecule is C[CH]C(=O)NCl. The Balaban J connectivity index is 2.99. The molecule has 0 spiro atoms. The average molecular weight is 107 g/mol. The summed E-state index contributed by atoms with van der Waals surface area (Å²) in [4.78, 5) is 11.8. The Bertz CT molecular complexity index is 48.8. The number of halogens is 1. The Hall–Kier alpha value is -0.240. The largest absolute Gasteiger partial charge is 0.273 e. The standard InChI is InChI=1S/C3H5ClNO/c1-2-3(6)5-4/h2H,1H3,(H,5,6). The van der Waals surface area contributed by atoms with Gasteiger partial charge in [0.25, 0.3) is 0 Å². The van der Waals surface area contributed by atoms with Crippen LogP contribution in [0.15, 0.2) is 0 Å². The van der Waals surface area contributed by atoms with Gasteiger partial charge in [0.2, 0.25) is 5.91 Å². The smallest absolute Gasteiger partial charge is 0.237 e. The van der Waals surface area contributed by atoms with Gasteiger partial charge in [0.05, 0.1) is 0 Å². The zero-order chi connectivity index (χ0) is 4.99. The van der Waals surface area contributed by atoms with Crippen molar-refractivity contribution in [3.05, 3.63) is 6.42 Å². The third-order valence-corrected chi connectivity index (χ3v) is 0.542. The second-order valence-corrected chi connectivity index (χ2v) is 0.936. The van der Waals surface area contributed by atoms with E-state index in [0.29, 0.717) is 0 Å². The van der Waals surface area contributed by atoms with Gasteiger partial charge in [0.1, 0.15) is 0 Å². The number of nitrogens with one attached hydrogen (secondary N) is 1. The van der Waals surface area contributed by atoms with Crippen LogP contribution in [-0.2, 0) is 4.79 Å². The van der Waals surface area contributed by atoms with Gasteiger partial charge in [-0.05, 0) is 0 Å². The Kier molecular flexibility index (Phi) is 2.85. The van der Waals surface area contributed by atoms with Crippen LogP contribution >= 0.6 is 11.8 Å². The molecular weight excluding hydrogens is 101 g/mol. The Morgan fingerprint density at radius 3 is 2.50 bits per heavy atom. The highest BCUT2D eigenvalue weighted by Gasteiger charge is 1.87. The molecular formula is C3H5ClNO. The second kappa shape index (κ2) is 2.97. The van der Waals surface area contributed by atoms with E-state index in [4.69, 9.17) is 11.8 Å². The van der Waals surface area contributed by atoms with Crippen molar-refractivity contribution in [1.82, 2.24) is 4.84 Å². The number of carbonyl (C=O) groups excluding carboxylic acids is 1. The van der Waals surface area contributed by atoms with E-state index in [0.717, 1.165) is 0 Å². The molecule has 0 heterocycles. The van der Waals surface area contributed by atoms with Crippen LogP contribution in [0.5, 0.6) is 0 Å². The average Bonchev–Trinajstić information content (AvgIpc) is 1.65. The zero-order valence-corrected chi connectivity index (χ0v) is 4.12. The van der Waals surface area contributed by atoms with E-state index in [1.807, 2.05) is 4.84 Å². The molecule has 0 aliphatic rings. The minimum absolute atomic E-state index is 0.267. The molecule has 0 aliphatic heterocycles. The molecule has 0 saturated heterocycles. The van der Waals surface area contributed by atoms with Crippen molar-refractivity contribution < 1.29 is 4.79 Å². The number of hydrogen-bond donors (Lipinski definition) is 1. The van der Waals surface area contributed by atoms with E-state index >= 15 is 0 Å². The monoisotopic (exact) mass is 106 g/mol. The van der Waals surface area contributed by atoms with Gasteiger partial charge < -0.3 is 0 Å². The van der Waals surface area contributed by atoms with E-state index in [1.54, 1.807) is 6.92 Å². The third kappa shape index (κ3) is 2.03. The summed E-state index contributed by atoms with van der Waals surface area (Å²) < 4.78 is 0. The Morgan fingerprint density at radius 2 is 2.50 bits per heavy atom. The lowest BCUT2D eigenvalue weighted by molar-refractivity contribution is -0.116. The van der Waals surface area contributed by atoms with Crippen LogP contribution in [-0.4, -0.2) is 5.91 Å². The molecule has 1 amide bonds. The highest BCUT2D eigenvalue weighted by molar-refractivity contribution is 6.22. The molecule has 1 N–H and O–H groups in total. The molecule has 0 aliphatic carbocycles. The van der Waals surface area contributed by atoms with Crippen molar-refractivity contribution in [2.75, 3.05) is 0 Å². The lowest BCUT2D eigenvalue weighted by atomic mass is 10.5. The molecule has 3 heteroatoms.